The molecule has 2 aromatic rings. The van der Waals surface area contributed by atoms with E-state index in [1.165, 1.54) is 9.99 Å². The van der Waals surface area contributed by atoms with Crippen molar-refractivity contribution in [2.45, 2.75) is 25.5 Å². The van der Waals surface area contributed by atoms with Gasteiger partial charge in [-0.05, 0) is 56.6 Å². The molecule has 2 aliphatic rings. The lowest BCUT2D eigenvalue weighted by atomic mass is 9.97. The maximum Gasteiger partial charge on any atom is 0.227 e. The molecule has 0 radical (unpaired) electrons. The average molecular weight is 471 g/mol. The van der Waals surface area contributed by atoms with Gasteiger partial charge in [-0.3, -0.25) is 4.79 Å². The van der Waals surface area contributed by atoms with Crippen molar-refractivity contribution in [3.8, 4) is 0 Å². The van der Waals surface area contributed by atoms with E-state index >= 15 is 0 Å². The number of carbonyl (C=O) groups is 1. The van der Waals surface area contributed by atoms with Gasteiger partial charge in [0.1, 0.15) is 0 Å². The van der Waals surface area contributed by atoms with Crippen LogP contribution >= 0.6 is 0 Å². The van der Waals surface area contributed by atoms with Crippen LogP contribution in [0.4, 0.5) is 11.4 Å². The highest BCUT2D eigenvalue weighted by molar-refractivity contribution is 7.88. The number of anilines is 2. The maximum atomic E-state index is 12.8. The van der Waals surface area contributed by atoms with Gasteiger partial charge in [-0.1, -0.05) is 29.8 Å². The molecule has 2 fully saturated rings. The molecule has 0 bridgehead atoms. The van der Waals surface area contributed by atoms with Crippen LogP contribution in [-0.2, 0) is 20.6 Å². The molecule has 0 atom stereocenters. The highest BCUT2D eigenvalue weighted by atomic mass is 32.2. The lowest BCUT2D eigenvalue weighted by molar-refractivity contribution is -0.120. The zero-order valence-electron chi connectivity index (χ0n) is 19.5. The summed E-state index contributed by atoms with van der Waals surface area (Å²) in [5.41, 5.74) is 3.81. The number of carbonyl (C=O) groups excluding carboxylic acids is 1. The Morgan fingerprint density at radius 1 is 0.970 bits per heavy atom. The van der Waals surface area contributed by atoms with E-state index in [1.54, 1.807) is 0 Å². The number of aryl methyl sites for hydroxylation is 1. The summed E-state index contributed by atoms with van der Waals surface area (Å²) in [6.45, 7) is 6.85. The number of benzene rings is 2. The van der Waals surface area contributed by atoms with Crippen molar-refractivity contribution < 1.29 is 13.2 Å². The van der Waals surface area contributed by atoms with Crippen LogP contribution in [0.1, 0.15) is 24.0 Å². The summed E-state index contributed by atoms with van der Waals surface area (Å²) in [5, 5.41) is 3.01. The number of nitrogens with one attached hydrogen (secondary N) is 1. The largest absolute Gasteiger partial charge is 0.369 e. The van der Waals surface area contributed by atoms with Gasteiger partial charge in [-0.25, -0.2) is 12.7 Å². The van der Waals surface area contributed by atoms with Crippen LogP contribution in [0.25, 0.3) is 0 Å². The van der Waals surface area contributed by atoms with Crippen molar-refractivity contribution >= 4 is 27.3 Å². The Morgan fingerprint density at radius 3 is 2.27 bits per heavy atom. The molecule has 178 valence electrons. The van der Waals surface area contributed by atoms with E-state index in [0.717, 1.165) is 43.0 Å². The van der Waals surface area contributed by atoms with Crippen LogP contribution in [0.3, 0.4) is 0 Å². The first-order valence-electron chi connectivity index (χ1n) is 11.7. The lowest BCUT2D eigenvalue weighted by Gasteiger charge is -2.34. The number of amides is 1. The fourth-order valence-electron chi connectivity index (χ4n) is 4.56. The smallest absolute Gasteiger partial charge is 0.227 e. The zero-order chi connectivity index (χ0) is 23.4. The number of piperidine rings is 1. The van der Waals surface area contributed by atoms with Gasteiger partial charge in [-0.2, -0.15) is 0 Å². The van der Waals surface area contributed by atoms with E-state index in [-0.39, 0.29) is 17.6 Å². The molecule has 33 heavy (non-hydrogen) atoms. The molecule has 1 amide bonds. The molecule has 2 saturated heterocycles. The number of sulfonamides is 1. The first kappa shape index (κ1) is 23.7. The second-order valence-electron chi connectivity index (χ2n) is 9.25. The molecule has 4 rings (SSSR count). The second-order valence-corrected chi connectivity index (χ2v) is 11.2. The molecule has 1 N–H and O–H groups in total. The lowest BCUT2D eigenvalue weighted by Crippen LogP contribution is -2.44. The molecule has 0 unspecified atom stereocenters. The van der Waals surface area contributed by atoms with Crippen molar-refractivity contribution in [3.05, 3.63) is 59.7 Å². The Morgan fingerprint density at radius 2 is 1.64 bits per heavy atom. The summed E-state index contributed by atoms with van der Waals surface area (Å²) >= 11 is 0. The van der Waals surface area contributed by atoms with E-state index in [1.807, 2.05) is 43.3 Å². The van der Waals surface area contributed by atoms with E-state index < -0.39 is 10.0 Å². The van der Waals surface area contributed by atoms with E-state index in [0.29, 0.717) is 25.9 Å². The number of hydrogen-bond acceptors (Lipinski definition) is 5. The summed E-state index contributed by atoms with van der Waals surface area (Å²) in [6.07, 6.45) is 1.08. The van der Waals surface area contributed by atoms with Gasteiger partial charge in [0.05, 0.1) is 5.75 Å². The second kappa shape index (κ2) is 10.2. The van der Waals surface area contributed by atoms with Gasteiger partial charge in [-0.15, -0.1) is 0 Å². The van der Waals surface area contributed by atoms with Crippen molar-refractivity contribution in [1.82, 2.24) is 9.21 Å². The summed E-state index contributed by atoms with van der Waals surface area (Å²) in [7, 11) is -1.25. The van der Waals surface area contributed by atoms with Gasteiger partial charge in [0.25, 0.3) is 0 Å². The zero-order valence-corrected chi connectivity index (χ0v) is 20.4. The van der Waals surface area contributed by atoms with Crippen LogP contribution in [0.5, 0.6) is 0 Å². The van der Waals surface area contributed by atoms with Crippen molar-refractivity contribution in [2.24, 2.45) is 5.92 Å². The van der Waals surface area contributed by atoms with Gasteiger partial charge in [0.15, 0.2) is 0 Å². The Labute approximate surface area is 197 Å². The minimum Gasteiger partial charge on any atom is -0.369 e. The molecule has 8 heteroatoms. The van der Waals surface area contributed by atoms with E-state index in [9.17, 15) is 13.2 Å². The van der Waals surface area contributed by atoms with Gasteiger partial charge in [0, 0.05) is 56.6 Å². The molecular formula is C25H34N4O3S. The number of hydrogen-bond donors (Lipinski definition) is 1. The third kappa shape index (κ3) is 6.13. The number of piperazine rings is 1. The van der Waals surface area contributed by atoms with Crippen molar-refractivity contribution in [1.29, 1.82) is 0 Å². The molecule has 2 aliphatic heterocycles. The highest BCUT2D eigenvalue weighted by Crippen LogP contribution is 2.24. The molecule has 7 nitrogen and oxygen atoms in total. The minimum atomic E-state index is -3.39. The third-order valence-corrected chi connectivity index (χ3v) is 8.50. The van der Waals surface area contributed by atoms with Gasteiger partial charge >= 0.3 is 0 Å². The molecular weight excluding hydrogens is 436 g/mol. The number of rotatable bonds is 6. The van der Waals surface area contributed by atoms with Crippen molar-refractivity contribution in [2.75, 3.05) is 56.5 Å². The van der Waals surface area contributed by atoms with E-state index in [2.05, 4.69) is 34.3 Å². The van der Waals surface area contributed by atoms with Crippen LogP contribution in [0.15, 0.2) is 48.5 Å². The molecule has 0 saturated carbocycles. The summed E-state index contributed by atoms with van der Waals surface area (Å²) in [4.78, 5) is 17.5. The molecule has 0 aromatic heterocycles. The molecule has 0 spiro atoms. The van der Waals surface area contributed by atoms with Crippen LogP contribution in [0.2, 0.25) is 0 Å². The summed E-state index contributed by atoms with van der Waals surface area (Å²) < 4.78 is 27.2. The Balaban J connectivity index is 1.27. The third-order valence-electron chi connectivity index (χ3n) is 6.65. The predicted octanol–water partition coefficient (Wildman–Crippen LogP) is 2.93. The monoisotopic (exact) mass is 470 g/mol. The van der Waals surface area contributed by atoms with Crippen molar-refractivity contribution in [3.63, 3.8) is 0 Å². The quantitative estimate of drug-likeness (QED) is 0.703. The minimum absolute atomic E-state index is 0.00516. The summed E-state index contributed by atoms with van der Waals surface area (Å²) in [5.74, 6) is -0.198. The Bertz CT molecular complexity index is 1060. The number of likely N-dealkylation sites (N-methyl/N-ethyl adjacent to an activating group) is 1. The standard InChI is InChI=1S/C25H34N4O3S/c1-20-4-3-5-21(18-20)19-33(31,32)29-12-10-22(11-13-29)25(30)26-23-6-8-24(9-7-23)28-16-14-27(2)15-17-28/h3-9,18,22H,10-17,19H2,1-2H3,(H,26,30). The van der Waals surface area contributed by atoms with Gasteiger partial charge in [0.2, 0.25) is 15.9 Å². The molecule has 2 heterocycles. The Kier molecular flexibility index (Phi) is 7.36. The summed E-state index contributed by atoms with van der Waals surface area (Å²) in [6, 6.07) is 15.6. The Hall–Kier alpha value is -2.42. The highest BCUT2D eigenvalue weighted by Gasteiger charge is 2.31. The SMILES string of the molecule is Cc1cccc(CS(=O)(=O)N2CCC(C(=O)Nc3ccc(N4CCN(C)CC4)cc3)CC2)c1. The fourth-order valence-corrected chi connectivity index (χ4v) is 6.12. The average Bonchev–Trinajstić information content (AvgIpc) is 2.80. The fraction of sp³-hybridized carbons (Fsp3) is 0.480. The maximum absolute atomic E-state index is 12.8. The normalized spacial score (nSPS) is 18.9. The van der Waals surface area contributed by atoms with Crippen LogP contribution < -0.4 is 10.2 Å². The topological polar surface area (TPSA) is 73.0 Å². The first-order chi connectivity index (χ1) is 15.8. The predicted molar refractivity (Wildman–Crippen MR) is 133 cm³/mol. The van der Waals surface area contributed by atoms with Crippen LogP contribution in [0, 0.1) is 12.8 Å². The van der Waals surface area contributed by atoms with E-state index in [4.69, 9.17) is 0 Å². The molecule has 0 aliphatic carbocycles. The molecule has 2 aromatic carbocycles. The number of nitrogens with zero attached hydrogens (tertiary/aromatic N) is 3. The van der Waals surface area contributed by atoms with Crippen LogP contribution in [-0.4, -0.2) is 69.8 Å². The van der Waals surface area contributed by atoms with Gasteiger partial charge < -0.3 is 15.1 Å². The first-order valence-corrected chi connectivity index (χ1v) is 13.3.